The zero-order chi connectivity index (χ0) is 15.3. The fraction of sp³-hybridized carbons (Fsp3) is 0.429. The topological polar surface area (TPSA) is 84.9 Å². The van der Waals surface area contributed by atoms with Gasteiger partial charge in [-0.25, -0.2) is 0 Å². The van der Waals surface area contributed by atoms with Crippen LogP contribution in [0.5, 0.6) is 11.5 Å². The minimum Gasteiger partial charge on any atom is -0.497 e. The van der Waals surface area contributed by atoms with Crippen LogP contribution < -0.4 is 14.8 Å². The van der Waals surface area contributed by atoms with Crippen LogP contribution in [0.2, 0.25) is 0 Å². The molecule has 0 atom stereocenters. The molecule has 1 aromatic carbocycles. The second-order valence-corrected chi connectivity index (χ2v) is 5.02. The summed E-state index contributed by atoms with van der Waals surface area (Å²) in [4.78, 5) is 22.9. The van der Waals surface area contributed by atoms with E-state index in [0.29, 0.717) is 17.2 Å². The normalized spacial score (nSPS) is 10.8. The number of amides is 1. The monoisotopic (exact) mass is 281 g/mol. The first-order chi connectivity index (χ1) is 9.28. The molecule has 0 bridgehead atoms. The van der Waals surface area contributed by atoms with Gasteiger partial charge in [0.25, 0.3) is 0 Å². The number of anilines is 1. The Morgan fingerprint density at radius 3 is 2.05 bits per heavy atom. The fourth-order valence-electron chi connectivity index (χ4n) is 1.56. The van der Waals surface area contributed by atoms with Crippen molar-refractivity contribution in [2.75, 3.05) is 19.5 Å². The molecule has 20 heavy (non-hydrogen) atoms. The summed E-state index contributed by atoms with van der Waals surface area (Å²) in [6, 6.07) is 4.94. The standard InChI is InChI=1S/C14H19NO5/c1-14(2,13(17)18)8-12(16)15-9-5-10(19-3)7-11(6-9)20-4/h5-7H,8H2,1-4H3,(H,15,16)(H,17,18). The van der Waals surface area contributed by atoms with Crippen LogP contribution in [0.1, 0.15) is 20.3 Å². The number of hydrogen-bond acceptors (Lipinski definition) is 4. The summed E-state index contributed by atoms with van der Waals surface area (Å²) >= 11 is 0. The van der Waals surface area contributed by atoms with Gasteiger partial charge in [-0.1, -0.05) is 0 Å². The second-order valence-electron chi connectivity index (χ2n) is 5.02. The van der Waals surface area contributed by atoms with Crippen LogP contribution in [-0.4, -0.2) is 31.2 Å². The van der Waals surface area contributed by atoms with Gasteiger partial charge >= 0.3 is 5.97 Å². The lowest BCUT2D eigenvalue weighted by atomic mass is 9.89. The molecule has 0 spiro atoms. The van der Waals surface area contributed by atoms with Crippen LogP contribution in [0.4, 0.5) is 5.69 Å². The van der Waals surface area contributed by atoms with Crippen molar-refractivity contribution in [3.05, 3.63) is 18.2 Å². The lowest BCUT2D eigenvalue weighted by Gasteiger charge is -2.18. The van der Waals surface area contributed by atoms with Gasteiger partial charge in [0.05, 0.1) is 19.6 Å². The van der Waals surface area contributed by atoms with Crippen LogP contribution in [0.3, 0.4) is 0 Å². The van der Waals surface area contributed by atoms with Crippen molar-refractivity contribution in [1.82, 2.24) is 0 Å². The SMILES string of the molecule is COc1cc(NC(=O)CC(C)(C)C(=O)O)cc(OC)c1. The highest BCUT2D eigenvalue weighted by molar-refractivity contribution is 5.94. The Morgan fingerprint density at radius 1 is 1.15 bits per heavy atom. The average Bonchev–Trinajstić information content (AvgIpc) is 2.37. The minimum atomic E-state index is -1.12. The summed E-state index contributed by atoms with van der Waals surface area (Å²) in [6.45, 7) is 3.00. The number of carbonyl (C=O) groups excluding carboxylic acids is 1. The Balaban J connectivity index is 2.83. The molecular weight excluding hydrogens is 262 g/mol. The van der Waals surface area contributed by atoms with Crippen molar-refractivity contribution in [2.24, 2.45) is 5.41 Å². The molecule has 0 radical (unpaired) electrons. The molecule has 0 aliphatic heterocycles. The molecule has 0 aliphatic rings. The van der Waals surface area contributed by atoms with E-state index in [1.165, 1.54) is 28.1 Å². The predicted octanol–water partition coefficient (Wildman–Crippen LogP) is 2.14. The number of hydrogen-bond donors (Lipinski definition) is 2. The van der Waals surface area contributed by atoms with Crippen molar-refractivity contribution < 1.29 is 24.2 Å². The fourth-order valence-corrected chi connectivity index (χ4v) is 1.56. The maximum Gasteiger partial charge on any atom is 0.309 e. The summed E-state index contributed by atoms with van der Waals surface area (Å²) in [5.74, 6) is -0.321. The third-order valence-electron chi connectivity index (χ3n) is 2.82. The molecule has 2 N–H and O–H groups in total. The zero-order valence-corrected chi connectivity index (χ0v) is 12.0. The van der Waals surface area contributed by atoms with Crippen molar-refractivity contribution in [3.63, 3.8) is 0 Å². The molecule has 1 aromatic rings. The van der Waals surface area contributed by atoms with Crippen LogP contribution in [-0.2, 0) is 9.59 Å². The van der Waals surface area contributed by atoms with E-state index in [1.54, 1.807) is 18.2 Å². The van der Waals surface area contributed by atoms with Gasteiger partial charge in [-0.05, 0) is 13.8 Å². The predicted molar refractivity (Wildman–Crippen MR) is 74.2 cm³/mol. The molecule has 0 saturated carbocycles. The Morgan fingerprint density at radius 2 is 1.65 bits per heavy atom. The highest BCUT2D eigenvalue weighted by Crippen LogP contribution is 2.27. The lowest BCUT2D eigenvalue weighted by molar-refractivity contribution is -0.148. The van der Waals surface area contributed by atoms with Crippen molar-refractivity contribution in [1.29, 1.82) is 0 Å². The van der Waals surface area contributed by atoms with Gasteiger partial charge in [0.1, 0.15) is 11.5 Å². The quantitative estimate of drug-likeness (QED) is 0.834. The molecule has 0 aromatic heterocycles. The van der Waals surface area contributed by atoms with Gasteiger partial charge in [-0.15, -0.1) is 0 Å². The average molecular weight is 281 g/mol. The van der Waals surface area contributed by atoms with E-state index in [-0.39, 0.29) is 12.3 Å². The first-order valence-electron chi connectivity index (χ1n) is 6.05. The first-order valence-corrected chi connectivity index (χ1v) is 6.05. The highest BCUT2D eigenvalue weighted by Gasteiger charge is 2.30. The number of aliphatic carboxylic acids is 1. The van der Waals surface area contributed by atoms with Crippen molar-refractivity contribution in [2.45, 2.75) is 20.3 Å². The molecule has 110 valence electrons. The van der Waals surface area contributed by atoms with Crippen LogP contribution in [0, 0.1) is 5.41 Å². The van der Waals surface area contributed by atoms with Crippen LogP contribution in [0.15, 0.2) is 18.2 Å². The summed E-state index contributed by atoms with van der Waals surface area (Å²) in [7, 11) is 3.02. The second kappa shape index (κ2) is 6.27. The Kier molecular flexibility index (Phi) is 4.96. The van der Waals surface area contributed by atoms with E-state index in [1.807, 2.05) is 0 Å². The summed E-state index contributed by atoms with van der Waals surface area (Å²) < 4.78 is 10.2. The van der Waals surface area contributed by atoms with E-state index in [4.69, 9.17) is 14.6 Å². The smallest absolute Gasteiger partial charge is 0.309 e. The molecule has 6 heteroatoms. The van der Waals surface area contributed by atoms with Crippen LogP contribution in [0.25, 0.3) is 0 Å². The van der Waals surface area contributed by atoms with E-state index < -0.39 is 11.4 Å². The number of benzene rings is 1. The number of carboxylic acid groups (broad SMARTS) is 1. The van der Waals surface area contributed by atoms with E-state index in [2.05, 4.69) is 5.32 Å². The molecule has 1 amide bonds. The summed E-state index contributed by atoms with van der Waals surface area (Å²) in [6.07, 6.45) is -0.123. The molecular formula is C14H19NO5. The lowest BCUT2D eigenvalue weighted by Crippen LogP contribution is -2.29. The molecule has 1 rings (SSSR count). The maximum atomic E-state index is 11.9. The maximum absolute atomic E-state index is 11.9. The van der Waals surface area contributed by atoms with E-state index in [0.717, 1.165) is 0 Å². The molecule has 0 fully saturated rings. The largest absolute Gasteiger partial charge is 0.497 e. The van der Waals surface area contributed by atoms with E-state index in [9.17, 15) is 9.59 Å². The van der Waals surface area contributed by atoms with E-state index >= 15 is 0 Å². The molecule has 0 unspecified atom stereocenters. The molecule has 0 heterocycles. The van der Waals surface area contributed by atoms with Gasteiger partial charge < -0.3 is 19.9 Å². The van der Waals surface area contributed by atoms with Crippen molar-refractivity contribution in [3.8, 4) is 11.5 Å². The number of carbonyl (C=O) groups is 2. The van der Waals surface area contributed by atoms with Gasteiger partial charge in [0.15, 0.2) is 0 Å². The molecule has 6 nitrogen and oxygen atoms in total. The molecule has 0 saturated heterocycles. The third kappa shape index (κ3) is 4.15. The zero-order valence-electron chi connectivity index (χ0n) is 12.0. The summed E-state index contributed by atoms with van der Waals surface area (Å²) in [5.41, 5.74) is -0.625. The van der Waals surface area contributed by atoms with Gasteiger partial charge in [-0.2, -0.15) is 0 Å². The minimum absolute atomic E-state index is 0.123. The number of carboxylic acids is 1. The molecule has 0 aliphatic carbocycles. The van der Waals surface area contributed by atoms with Gasteiger partial charge in [0.2, 0.25) is 5.91 Å². The van der Waals surface area contributed by atoms with Crippen LogP contribution >= 0.6 is 0 Å². The number of methoxy groups -OCH3 is 2. The van der Waals surface area contributed by atoms with Gasteiger partial charge in [-0.3, -0.25) is 9.59 Å². The number of rotatable bonds is 6. The Bertz CT molecular complexity index is 488. The number of ether oxygens (including phenoxy) is 2. The van der Waals surface area contributed by atoms with Crippen molar-refractivity contribution >= 4 is 17.6 Å². The van der Waals surface area contributed by atoms with Gasteiger partial charge in [0, 0.05) is 30.3 Å². The Labute approximate surface area is 117 Å². The summed E-state index contributed by atoms with van der Waals surface area (Å²) in [5, 5.41) is 11.6. The highest BCUT2D eigenvalue weighted by atomic mass is 16.5. The first kappa shape index (κ1) is 15.8. The number of nitrogens with one attached hydrogen (secondary N) is 1. The third-order valence-corrected chi connectivity index (χ3v) is 2.82. The Hall–Kier alpha value is -2.24.